The number of thioether (sulfide) groups is 1. The Morgan fingerprint density at radius 2 is 2.22 bits per heavy atom. The second kappa shape index (κ2) is 6.34. The van der Waals surface area contributed by atoms with Crippen molar-refractivity contribution in [1.29, 1.82) is 0 Å². The van der Waals surface area contributed by atoms with Gasteiger partial charge in [0.2, 0.25) is 0 Å². The maximum absolute atomic E-state index is 9.56. The van der Waals surface area contributed by atoms with E-state index in [0.717, 1.165) is 23.5 Å². The van der Waals surface area contributed by atoms with Crippen LogP contribution in [0.4, 0.5) is 0 Å². The van der Waals surface area contributed by atoms with Crippen LogP contribution in [-0.4, -0.2) is 29.8 Å². The summed E-state index contributed by atoms with van der Waals surface area (Å²) in [5.74, 6) is 3.75. The molecule has 0 saturated carbocycles. The van der Waals surface area contributed by atoms with Crippen LogP contribution in [0.15, 0.2) is 18.2 Å². The van der Waals surface area contributed by atoms with Crippen LogP contribution in [0.5, 0.6) is 11.5 Å². The van der Waals surface area contributed by atoms with Crippen molar-refractivity contribution in [2.75, 3.05) is 18.6 Å². The molecule has 3 nitrogen and oxygen atoms in total. The topological polar surface area (TPSA) is 38.7 Å². The van der Waals surface area contributed by atoms with Gasteiger partial charge in [-0.3, -0.25) is 0 Å². The Hall–Kier alpha value is -0.870. The number of aliphatic hydroxyl groups excluding tert-OH is 1. The molecular weight excluding hydrogens is 248 g/mol. The molecule has 1 aliphatic rings. The zero-order valence-electron chi connectivity index (χ0n) is 10.9. The fourth-order valence-corrected chi connectivity index (χ4v) is 3.06. The van der Waals surface area contributed by atoms with Gasteiger partial charge >= 0.3 is 0 Å². The minimum Gasteiger partial charge on any atom is -0.493 e. The Morgan fingerprint density at radius 1 is 1.39 bits per heavy atom. The normalized spacial score (nSPS) is 21.4. The van der Waals surface area contributed by atoms with E-state index in [2.05, 4.69) is 0 Å². The molecule has 0 radical (unpaired) electrons. The summed E-state index contributed by atoms with van der Waals surface area (Å²) >= 11 is 1.94. The lowest BCUT2D eigenvalue weighted by atomic mass is 10.1. The van der Waals surface area contributed by atoms with Crippen molar-refractivity contribution in [3.05, 3.63) is 23.8 Å². The van der Waals surface area contributed by atoms with E-state index in [1.54, 1.807) is 14.0 Å². The van der Waals surface area contributed by atoms with E-state index in [1.165, 1.54) is 12.2 Å². The van der Waals surface area contributed by atoms with Crippen LogP contribution in [0.2, 0.25) is 0 Å². The lowest BCUT2D eigenvalue weighted by Gasteiger charge is -2.24. The average Bonchev–Trinajstić information content (AvgIpc) is 2.40. The van der Waals surface area contributed by atoms with Crippen LogP contribution >= 0.6 is 11.8 Å². The summed E-state index contributed by atoms with van der Waals surface area (Å²) in [6, 6.07) is 5.62. The van der Waals surface area contributed by atoms with E-state index in [-0.39, 0.29) is 6.10 Å². The third-order valence-electron chi connectivity index (χ3n) is 3.08. The number of aliphatic hydroxyl groups is 1. The highest BCUT2D eigenvalue weighted by atomic mass is 32.2. The van der Waals surface area contributed by atoms with E-state index in [0.29, 0.717) is 5.75 Å². The molecule has 1 saturated heterocycles. The maximum Gasteiger partial charge on any atom is 0.161 e. The smallest absolute Gasteiger partial charge is 0.161 e. The highest BCUT2D eigenvalue weighted by Gasteiger charge is 2.17. The number of methoxy groups -OCH3 is 1. The van der Waals surface area contributed by atoms with Gasteiger partial charge < -0.3 is 14.6 Å². The molecule has 18 heavy (non-hydrogen) atoms. The SMILES string of the molecule is COc1cc(C(C)O)ccc1OC1CCCSC1. The lowest BCUT2D eigenvalue weighted by molar-refractivity contribution is 0.194. The lowest BCUT2D eigenvalue weighted by Crippen LogP contribution is -2.23. The molecule has 4 heteroatoms. The standard InChI is InChI=1S/C14H20O3S/c1-10(15)11-5-6-13(14(8-11)16-2)17-12-4-3-7-18-9-12/h5-6,8,10,12,15H,3-4,7,9H2,1-2H3. The minimum atomic E-state index is -0.488. The van der Waals surface area contributed by atoms with Crippen LogP contribution in [0.25, 0.3) is 0 Å². The molecule has 0 bridgehead atoms. The predicted octanol–water partition coefficient (Wildman–Crippen LogP) is 3.02. The summed E-state index contributed by atoms with van der Waals surface area (Å²) in [4.78, 5) is 0. The van der Waals surface area contributed by atoms with E-state index in [4.69, 9.17) is 9.47 Å². The summed E-state index contributed by atoms with van der Waals surface area (Å²) in [6.07, 6.45) is 2.10. The molecule has 100 valence electrons. The molecule has 1 heterocycles. The van der Waals surface area contributed by atoms with Gasteiger partial charge in [-0.1, -0.05) is 6.07 Å². The van der Waals surface area contributed by atoms with E-state index < -0.39 is 6.10 Å². The van der Waals surface area contributed by atoms with Crippen molar-refractivity contribution in [3.63, 3.8) is 0 Å². The number of rotatable bonds is 4. The zero-order chi connectivity index (χ0) is 13.0. The Morgan fingerprint density at radius 3 is 2.83 bits per heavy atom. The van der Waals surface area contributed by atoms with Gasteiger partial charge in [0.25, 0.3) is 0 Å². The Bertz CT molecular complexity index is 387. The first-order valence-corrected chi connectivity index (χ1v) is 7.46. The molecule has 0 spiro atoms. The highest BCUT2D eigenvalue weighted by Crippen LogP contribution is 2.32. The van der Waals surface area contributed by atoms with Gasteiger partial charge in [0.15, 0.2) is 11.5 Å². The molecule has 1 fully saturated rings. The van der Waals surface area contributed by atoms with Crippen LogP contribution in [0.1, 0.15) is 31.4 Å². The highest BCUT2D eigenvalue weighted by molar-refractivity contribution is 7.99. The molecule has 1 N–H and O–H groups in total. The predicted molar refractivity (Wildman–Crippen MR) is 74.6 cm³/mol. The van der Waals surface area contributed by atoms with Crippen LogP contribution in [0, 0.1) is 0 Å². The molecule has 1 aromatic carbocycles. The Labute approximate surface area is 112 Å². The van der Waals surface area contributed by atoms with Gasteiger partial charge in [-0.05, 0) is 43.2 Å². The second-order valence-electron chi connectivity index (χ2n) is 4.54. The Kier molecular flexibility index (Phi) is 4.78. The van der Waals surface area contributed by atoms with Crippen molar-refractivity contribution in [1.82, 2.24) is 0 Å². The monoisotopic (exact) mass is 268 g/mol. The number of hydrogen-bond acceptors (Lipinski definition) is 4. The molecular formula is C14H20O3S. The van der Waals surface area contributed by atoms with Gasteiger partial charge in [0.05, 0.1) is 13.2 Å². The summed E-state index contributed by atoms with van der Waals surface area (Å²) in [5, 5.41) is 9.56. The molecule has 0 amide bonds. The first-order chi connectivity index (χ1) is 8.70. The summed E-state index contributed by atoms with van der Waals surface area (Å²) < 4.78 is 11.3. The van der Waals surface area contributed by atoms with Crippen molar-refractivity contribution in [2.24, 2.45) is 0 Å². The molecule has 0 aromatic heterocycles. The van der Waals surface area contributed by atoms with Crippen molar-refractivity contribution in [3.8, 4) is 11.5 Å². The van der Waals surface area contributed by atoms with Crippen LogP contribution in [0.3, 0.4) is 0 Å². The molecule has 2 rings (SSSR count). The molecule has 2 unspecified atom stereocenters. The van der Waals surface area contributed by atoms with Gasteiger partial charge in [-0.2, -0.15) is 11.8 Å². The fourth-order valence-electron chi connectivity index (χ4n) is 2.03. The number of hydrogen-bond donors (Lipinski definition) is 1. The Balaban J connectivity index is 2.11. The second-order valence-corrected chi connectivity index (χ2v) is 5.69. The summed E-state index contributed by atoms with van der Waals surface area (Å²) in [5.41, 5.74) is 0.845. The van der Waals surface area contributed by atoms with Gasteiger partial charge in [-0.15, -0.1) is 0 Å². The molecule has 1 aromatic rings. The zero-order valence-corrected chi connectivity index (χ0v) is 11.7. The molecule has 2 atom stereocenters. The third kappa shape index (κ3) is 3.33. The fraction of sp³-hybridized carbons (Fsp3) is 0.571. The number of benzene rings is 1. The maximum atomic E-state index is 9.56. The quantitative estimate of drug-likeness (QED) is 0.911. The largest absolute Gasteiger partial charge is 0.493 e. The van der Waals surface area contributed by atoms with E-state index in [1.807, 2.05) is 30.0 Å². The van der Waals surface area contributed by atoms with E-state index >= 15 is 0 Å². The first kappa shape index (κ1) is 13.6. The average molecular weight is 268 g/mol. The van der Waals surface area contributed by atoms with Gasteiger partial charge in [-0.25, -0.2) is 0 Å². The molecule has 1 aliphatic heterocycles. The van der Waals surface area contributed by atoms with E-state index in [9.17, 15) is 5.11 Å². The van der Waals surface area contributed by atoms with Crippen molar-refractivity contribution < 1.29 is 14.6 Å². The van der Waals surface area contributed by atoms with Crippen molar-refractivity contribution in [2.45, 2.75) is 32.0 Å². The van der Waals surface area contributed by atoms with Gasteiger partial charge in [0, 0.05) is 5.75 Å². The number of ether oxygens (including phenoxy) is 2. The summed E-state index contributed by atoms with van der Waals surface area (Å²) in [6.45, 7) is 1.74. The first-order valence-electron chi connectivity index (χ1n) is 6.31. The van der Waals surface area contributed by atoms with Gasteiger partial charge in [0.1, 0.15) is 6.10 Å². The van der Waals surface area contributed by atoms with Crippen LogP contribution in [-0.2, 0) is 0 Å². The van der Waals surface area contributed by atoms with Crippen molar-refractivity contribution >= 4 is 11.8 Å². The summed E-state index contributed by atoms with van der Waals surface area (Å²) in [7, 11) is 1.63. The minimum absolute atomic E-state index is 0.273. The van der Waals surface area contributed by atoms with Crippen LogP contribution < -0.4 is 9.47 Å². The third-order valence-corrected chi connectivity index (χ3v) is 4.27. The molecule has 0 aliphatic carbocycles.